The molecule has 0 amide bonds. The van der Waals surface area contributed by atoms with Gasteiger partial charge in [-0.25, -0.2) is 0 Å². The molecule has 96 valence electrons. The van der Waals surface area contributed by atoms with Crippen LogP contribution in [0.3, 0.4) is 0 Å². The van der Waals surface area contributed by atoms with Gasteiger partial charge in [0.1, 0.15) is 5.54 Å². The van der Waals surface area contributed by atoms with Crippen molar-refractivity contribution in [3.63, 3.8) is 0 Å². The summed E-state index contributed by atoms with van der Waals surface area (Å²) in [4.78, 5) is 4.65. The average Bonchev–Trinajstić information content (AvgIpc) is 2.40. The maximum atomic E-state index is 9.15. The van der Waals surface area contributed by atoms with Crippen LogP contribution in [0.5, 0.6) is 0 Å². The molecule has 1 heterocycles. The van der Waals surface area contributed by atoms with Crippen LogP contribution < -0.4 is 4.90 Å². The molecule has 0 unspecified atom stereocenters. The first-order chi connectivity index (χ1) is 8.53. The summed E-state index contributed by atoms with van der Waals surface area (Å²) in [5, 5.41) is 9.15. The number of piperazine rings is 1. The van der Waals surface area contributed by atoms with Crippen molar-refractivity contribution in [3.8, 4) is 6.07 Å². The van der Waals surface area contributed by atoms with Crippen molar-refractivity contribution in [1.82, 2.24) is 4.90 Å². The van der Waals surface area contributed by atoms with Gasteiger partial charge < -0.3 is 4.90 Å². The molecule has 0 atom stereocenters. The first-order valence-corrected chi connectivity index (χ1v) is 6.51. The van der Waals surface area contributed by atoms with Gasteiger partial charge in [-0.2, -0.15) is 5.26 Å². The molecule has 1 aliphatic heterocycles. The number of nitrogens with zero attached hydrogens (tertiary/aromatic N) is 3. The lowest BCUT2D eigenvalue weighted by Crippen LogP contribution is -2.54. The predicted octanol–water partition coefficient (Wildman–Crippen LogP) is 2.42. The number of rotatable bonds is 2. The second-order valence-corrected chi connectivity index (χ2v) is 5.48. The second kappa shape index (κ2) is 4.99. The summed E-state index contributed by atoms with van der Waals surface area (Å²) >= 11 is 0. The van der Waals surface area contributed by atoms with Gasteiger partial charge in [0.25, 0.3) is 0 Å². The molecule has 18 heavy (non-hydrogen) atoms. The van der Waals surface area contributed by atoms with E-state index in [0.717, 1.165) is 26.2 Å². The molecule has 0 aliphatic carbocycles. The molecule has 0 radical (unpaired) electrons. The van der Waals surface area contributed by atoms with E-state index in [-0.39, 0.29) is 5.54 Å². The Bertz CT molecular complexity index is 434. The summed E-state index contributed by atoms with van der Waals surface area (Å²) in [6, 6.07) is 11.0. The molecular formula is C15H21N3. The van der Waals surface area contributed by atoms with E-state index in [1.165, 1.54) is 11.3 Å². The summed E-state index contributed by atoms with van der Waals surface area (Å²) in [5.41, 5.74) is 2.23. The smallest absolute Gasteiger partial charge is 0.103 e. The molecule has 1 saturated heterocycles. The van der Waals surface area contributed by atoms with E-state index in [1.54, 1.807) is 0 Å². The van der Waals surface area contributed by atoms with Gasteiger partial charge in [0, 0.05) is 31.9 Å². The molecule has 1 aromatic carbocycles. The van der Waals surface area contributed by atoms with Gasteiger partial charge in [-0.3, -0.25) is 4.90 Å². The quantitative estimate of drug-likeness (QED) is 0.799. The molecule has 1 fully saturated rings. The lowest BCUT2D eigenvalue weighted by molar-refractivity contribution is 0.158. The van der Waals surface area contributed by atoms with Crippen LogP contribution in [0.15, 0.2) is 24.3 Å². The fraction of sp³-hybridized carbons (Fsp3) is 0.533. The Balaban J connectivity index is 1.99. The van der Waals surface area contributed by atoms with Crippen LogP contribution in [0.2, 0.25) is 0 Å². The lowest BCUT2D eigenvalue weighted by Gasteiger charge is -2.41. The highest BCUT2D eigenvalue weighted by Crippen LogP contribution is 2.20. The largest absolute Gasteiger partial charge is 0.369 e. The Kier molecular flexibility index (Phi) is 3.58. The van der Waals surface area contributed by atoms with E-state index in [9.17, 15) is 0 Å². The fourth-order valence-electron chi connectivity index (χ4n) is 2.35. The normalized spacial score (nSPS) is 17.6. The Morgan fingerprint density at radius 3 is 2.11 bits per heavy atom. The van der Waals surface area contributed by atoms with Gasteiger partial charge in [0.15, 0.2) is 0 Å². The molecule has 1 aromatic rings. The Hall–Kier alpha value is -1.53. The SMILES string of the molecule is Cc1ccc(N2CCN(C(C)(C)C#N)CC2)cc1. The summed E-state index contributed by atoms with van der Waals surface area (Å²) in [7, 11) is 0. The van der Waals surface area contributed by atoms with E-state index >= 15 is 0 Å². The predicted molar refractivity (Wildman–Crippen MR) is 74.7 cm³/mol. The number of hydrogen-bond donors (Lipinski definition) is 0. The van der Waals surface area contributed by atoms with Crippen LogP contribution in [0.25, 0.3) is 0 Å². The number of aryl methyl sites for hydroxylation is 1. The average molecular weight is 243 g/mol. The number of nitriles is 1. The minimum absolute atomic E-state index is 0.348. The molecule has 3 heteroatoms. The highest BCUT2D eigenvalue weighted by Gasteiger charge is 2.29. The van der Waals surface area contributed by atoms with Gasteiger partial charge in [-0.15, -0.1) is 0 Å². The third-order valence-corrected chi connectivity index (χ3v) is 3.74. The van der Waals surface area contributed by atoms with Crippen LogP contribution in [0.1, 0.15) is 19.4 Å². The minimum Gasteiger partial charge on any atom is -0.369 e. The van der Waals surface area contributed by atoms with Gasteiger partial charge >= 0.3 is 0 Å². The topological polar surface area (TPSA) is 30.3 Å². The highest BCUT2D eigenvalue weighted by molar-refractivity contribution is 5.48. The monoisotopic (exact) mass is 243 g/mol. The first-order valence-electron chi connectivity index (χ1n) is 6.51. The van der Waals surface area contributed by atoms with E-state index in [0.29, 0.717) is 0 Å². The zero-order valence-corrected chi connectivity index (χ0v) is 11.5. The molecular weight excluding hydrogens is 222 g/mol. The van der Waals surface area contributed by atoms with E-state index < -0.39 is 0 Å². The molecule has 0 bridgehead atoms. The summed E-state index contributed by atoms with van der Waals surface area (Å²) in [6.07, 6.45) is 0. The van der Waals surface area contributed by atoms with Crippen molar-refractivity contribution in [2.75, 3.05) is 31.1 Å². The minimum atomic E-state index is -0.348. The van der Waals surface area contributed by atoms with Crippen molar-refractivity contribution in [1.29, 1.82) is 5.26 Å². The molecule has 1 aliphatic rings. The van der Waals surface area contributed by atoms with E-state index in [4.69, 9.17) is 5.26 Å². The molecule has 2 rings (SSSR count). The van der Waals surface area contributed by atoms with Gasteiger partial charge in [0.2, 0.25) is 0 Å². The number of hydrogen-bond acceptors (Lipinski definition) is 3. The second-order valence-electron chi connectivity index (χ2n) is 5.48. The third kappa shape index (κ3) is 2.65. The number of benzene rings is 1. The molecule has 0 saturated carbocycles. The Labute approximate surface area is 110 Å². The van der Waals surface area contributed by atoms with Crippen LogP contribution in [-0.4, -0.2) is 36.6 Å². The summed E-state index contributed by atoms with van der Waals surface area (Å²) in [5.74, 6) is 0. The molecule has 0 aromatic heterocycles. The van der Waals surface area contributed by atoms with Crippen molar-refractivity contribution < 1.29 is 0 Å². The van der Waals surface area contributed by atoms with E-state index in [1.807, 2.05) is 13.8 Å². The third-order valence-electron chi connectivity index (χ3n) is 3.74. The van der Waals surface area contributed by atoms with Crippen LogP contribution in [0.4, 0.5) is 5.69 Å². The van der Waals surface area contributed by atoms with Gasteiger partial charge in [-0.05, 0) is 32.9 Å². The van der Waals surface area contributed by atoms with Crippen molar-refractivity contribution in [2.45, 2.75) is 26.3 Å². The Morgan fingerprint density at radius 2 is 1.61 bits per heavy atom. The maximum Gasteiger partial charge on any atom is 0.103 e. The van der Waals surface area contributed by atoms with Crippen LogP contribution in [-0.2, 0) is 0 Å². The lowest BCUT2D eigenvalue weighted by atomic mass is 10.0. The summed E-state index contributed by atoms with van der Waals surface area (Å²) < 4.78 is 0. The standard InChI is InChI=1S/C15H21N3/c1-13-4-6-14(7-5-13)17-8-10-18(11-9-17)15(2,3)12-16/h4-7H,8-11H2,1-3H3. The molecule has 0 spiro atoms. The van der Waals surface area contributed by atoms with Crippen molar-refractivity contribution in [2.24, 2.45) is 0 Å². The molecule has 0 N–H and O–H groups in total. The fourth-order valence-corrected chi connectivity index (χ4v) is 2.35. The Morgan fingerprint density at radius 1 is 1.06 bits per heavy atom. The van der Waals surface area contributed by atoms with Crippen molar-refractivity contribution in [3.05, 3.63) is 29.8 Å². The molecule has 3 nitrogen and oxygen atoms in total. The van der Waals surface area contributed by atoms with Crippen molar-refractivity contribution >= 4 is 5.69 Å². The number of anilines is 1. The highest BCUT2D eigenvalue weighted by atomic mass is 15.3. The maximum absolute atomic E-state index is 9.15. The first kappa shape index (κ1) is 12.9. The van der Waals surface area contributed by atoms with Gasteiger partial charge in [0.05, 0.1) is 6.07 Å². The zero-order valence-electron chi connectivity index (χ0n) is 11.5. The van der Waals surface area contributed by atoms with E-state index in [2.05, 4.69) is 47.1 Å². The van der Waals surface area contributed by atoms with Gasteiger partial charge in [-0.1, -0.05) is 17.7 Å². The zero-order chi connectivity index (χ0) is 13.2. The summed E-state index contributed by atoms with van der Waals surface area (Å²) in [6.45, 7) is 9.99. The van der Waals surface area contributed by atoms with Crippen LogP contribution >= 0.6 is 0 Å². The van der Waals surface area contributed by atoms with Crippen LogP contribution in [0, 0.1) is 18.3 Å².